The second-order valence-corrected chi connectivity index (χ2v) is 7.62. The van der Waals surface area contributed by atoms with Crippen LogP contribution in [0.25, 0.3) is 0 Å². The van der Waals surface area contributed by atoms with Crippen LogP contribution in [0, 0.1) is 0 Å². The second-order valence-electron chi connectivity index (χ2n) is 7.62. The highest BCUT2D eigenvalue weighted by Crippen LogP contribution is 2.19. The maximum atomic E-state index is 5.94. The topological polar surface area (TPSA) is 39.7 Å². The molecule has 4 aromatic rings. The van der Waals surface area contributed by atoms with Crippen molar-refractivity contribution in [1.82, 2.24) is 0 Å². The van der Waals surface area contributed by atoms with Gasteiger partial charge in [-0.25, -0.2) is 0 Å². The van der Waals surface area contributed by atoms with E-state index in [0.717, 1.165) is 35.9 Å². The first-order chi connectivity index (χ1) is 16.3. The summed E-state index contributed by atoms with van der Waals surface area (Å²) >= 11 is 0. The average molecular weight is 440 g/mol. The molecule has 0 heterocycles. The molecule has 4 aromatic carbocycles. The quantitative estimate of drug-likeness (QED) is 0.260. The van der Waals surface area contributed by atoms with Crippen LogP contribution in [0.15, 0.2) is 109 Å². The SMILES string of the molecule is c1ccc(CCOc2cccc(CNc3ccc(OCCOc4ccccc4)cc3)c2)cc1. The molecule has 4 heteroatoms. The van der Waals surface area contributed by atoms with Gasteiger partial charge in [0.15, 0.2) is 0 Å². The first-order valence-corrected chi connectivity index (χ1v) is 11.3. The number of hydrogen-bond acceptors (Lipinski definition) is 4. The maximum absolute atomic E-state index is 5.94. The van der Waals surface area contributed by atoms with E-state index in [0.29, 0.717) is 19.8 Å². The molecule has 0 aromatic heterocycles. The van der Waals surface area contributed by atoms with Gasteiger partial charge in [-0.15, -0.1) is 0 Å². The summed E-state index contributed by atoms with van der Waals surface area (Å²) in [6.45, 7) is 2.40. The Bertz CT molecular complexity index is 1080. The van der Waals surface area contributed by atoms with Crippen LogP contribution < -0.4 is 19.5 Å². The lowest BCUT2D eigenvalue weighted by Crippen LogP contribution is -2.09. The molecule has 0 saturated heterocycles. The van der Waals surface area contributed by atoms with Crippen molar-refractivity contribution in [3.63, 3.8) is 0 Å². The van der Waals surface area contributed by atoms with Crippen molar-refractivity contribution in [2.24, 2.45) is 0 Å². The molecule has 0 bridgehead atoms. The zero-order chi connectivity index (χ0) is 22.6. The summed E-state index contributed by atoms with van der Waals surface area (Å²) in [7, 11) is 0. The van der Waals surface area contributed by atoms with Crippen LogP contribution in [0.3, 0.4) is 0 Å². The highest BCUT2D eigenvalue weighted by Gasteiger charge is 2.00. The van der Waals surface area contributed by atoms with E-state index in [-0.39, 0.29) is 0 Å². The molecule has 0 unspecified atom stereocenters. The lowest BCUT2D eigenvalue weighted by molar-refractivity contribution is 0.217. The monoisotopic (exact) mass is 439 g/mol. The number of ether oxygens (including phenoxy) is 3. The van der Waals surface area contributed by atoms with Crippen molar-refractivity contribution in [2.45, 2.75) is 13.0 Å². The summed E-state index contributed by atoms with van der Waals surface area (Å²) in [5, 5.41) is 3.45. The van der Waals surface area contributed by atoms with E-state index in [2.05, 4.69) is 41.7 Å². The zero-order valence-electron chi connectivity index (χ0n) is 18.7. The van der Waals surface area contributed by atoms with Crippen LogP contribution in [0.4, 0.5) is 5.69 Å². The predicted octanol–water partition coefficient (Wildman–Crippen LogP) is 6.38. The van der Waals surface area contributed by atoms with E-state index < -0.39 is 0 Å². The summed E-state index contributed by atoms with van der Waals surface area (Å²) in [4.78, 5) is 0. The molecular formula is C29H29NO3. The van der Waals surface area contributed by atoms with Crippen LogP contribution >= 0.6 is 0 Å². The van der Waals surface area contributed by atoms with Crippen molar-refractivity contribution in [3.8, 4) is 17.2 Å². The Labute approximate surface area is 195 Å². The molecule has 1 N–H and O–H groups in total. The fraction of sp³-hybridized carbons (Fsp3) is 0.172. The molecular weight excluding hydrogens is 410 g/mol. The Hall–Kier alpha value is -3.92. The minimum absolute atomic E-state index is 0.499. The number of benzene rings is 4. The number of hydrogen-bond donors (Lipinski definition) is 1. The molecule has 33 heavy (non-hydrogen) atoms. The molecule has 0 aliphatic carbocycles. The van der Waals surface area contributed by atoms with E-state index in [9.17, 15) is 0 Å². The molecule has 4 rings (SSSR count). The van der Waals surface area contributed by atoms with Gasteiger partial charge in [0.2, 0.25) is 0 Å². The summed E-state index contributed by atoms with van der Waals surface area (Å²) < 4.78 is 17.3. The summed E-state index contributed by atoms with van der Waals surface area (Å²) in [6.07, 6.45) is 0.899. The van der Waals surface area contributed by atoms with Gasteiger partial charge < -0.3 is 19.5 Å². The van der Waals surface area contributed by atoms with E-state index >= 15 is 0 Å². The van der Waals surface area contributed by atoms with E-state index in [1.807, 2.05) is 72.8 Å². The van der Waals surface area contributed by atoms with Gasteiger partial charge in [-0.3, -0.25) is 0 Å². The standard InChI is InChI=1S/C29H29NO3/c1-3-8-24(9-4-1)18-19-31-29-13-7-10-25(22-29)23-30-26-14-16-28(17-15-26)33-21-20-32-27-11-5-2-6-12-27/h1-17,22,30H,18-21,23H2. The molecule has 0 aliphatic heterocycles. The largest absolute Gasteiger partial charge is 0.493 e. The number of para-hydroxylation sites is 1. The lowest BCUT2D eigenvalue weighted by Gasteiger charge is -2.11. The van der Waals surface area contributed by atoms with Crippen molar-refractivity contribution in [2.75, 3.05) is 25.1 Å². The molecule has 168 valence electrons. The van der Waals surface area contributed by atoms with Gasteiger partial charge in [0, 0.05) is 18.7 Å². The van der Waals surface area contributed by atoms with Gasteiger partial charge in [-0.05, 0) is 59.7 Å². The molecule has 0 saturated carbocycles. The van der Waals surface area contributed by atoms with Crippen molar-refractivity contribution >= 4 is 5.69 Å². The van der Waals surface area contributed by atoms with Gasteiger partial charge in [-0.1, -0.05) is 60.7 Å². The highest BCUT2D eigenvalue weighted by atomic mass is 16.5. The Morgan fingerprint density at radius 3 is 1.79 bits per heavy atom. The Morgan fingerprint density at radius 1 is 0.485 bits per heavy atom. The predicted molar refractivity (Wildman–Crippen MR) is 133 cm³/mol. The van der Waals surface area contributed by atoms with Gasteiger partial charge in [0.25, 0.3) is 0 Å². The fourth-order valence-corrected chi connectivity index (χ4v) is 3.39. The minimum Gasteiger partial charge on any atom is -0.493 e. The van der Waals surface area contributed by atoms with Gasteiger partial charge >= 0.3 is 0 Å². The first-order valence-electron chi connectivity index (χ1n) is 11.3. The molecule has 0 radical (unpaired) electrons. The molecule has 0 aliphatic rings. The molecule has 0 amide bonds. The number of nitrogens with one attached hydrogen (secondary N) is 1. The zero-order valence-corrected chi connectivity index (χ0v) is 18.7. The third kappa shape index (κ3) is 7.62. The first kappa shape index (κ1) is 22.3. The summed E-state index contributed by atoms with van der Waals surface area (Å²) in [5.41, 5.74) is 3.50. The van der Waals surface area contributed by atoms with E-state index in [1.54, 1.807) is 0 Å². The maximum Gasteiger partial charge on any atom is 0.122 e. The number of anilines is 1. The minimum atomic E-state index is 0.499. The van der Waals surface area contributed by atoms with Gasteiger partial charge in [0.1, 0.15) is 30.5 Å². The third-order valence-electron chi connectivity index (χ3n) is 5.12. The van der Waals surface area contributed by atoms with Crippen LogP contribution in [0.1, 0.15) is 11.1 Å². The third-order valence-corrected chi connectivity index (χ3v) is 5.12. The Morgan fingerprint density at radius 2 is 1.06 bits per heavy atom. The Kier molecular flexibility index (Phi) is 8.24. The molecule has 0 fully saturated rings. The highest BCUT2D eigenvalue weighted by molar-refractivity contribution is 5.47. The Balaban J connectivity index is 1.17. The number of rotatable bonds is 12. The smallest absolute Gasteiger partial charge is 0.122 e. The van der Waals surface area contributed by atoms with Crippen molar-refractivity contribution in [3.05, 3.63) is 120 Å². The van der Waals surface area contributed by atoms with Crippen LogP contribution in [0.2, 0.25) is 0 Å². The van der Waals surface area contributed by atoms with Crippen molar-refractivity contribution in [1.29, 1.82) is 0 Å². The fourth-order valence-electron chi connectivity index (χ4n) is 3.39. The summed E-state index contributed by atoms with van der Waals surface area (Å²) in [5.74, 6) is 2.57. The van der Waals surface area contributed by atoms with Gasteiger partial charge in [0.05, 0.1) is 6.61 Å². The normalized spacial score (nSPS) is 10.4. The van der Waals surface area contributed by atoms with E-state index in [1.165, 1.54) is 11.1 Å². The van der Waals surface area contributed by atoms with E-state index in [4.69, 9.17) is 14.2 Å². The average Bonchev–Trinajstić information content (AvgIpc) is 2.88. The van der Waals surface area contributed by atoms with Crippen LogP contribution in [0.5, 0.6) is 17.2 Å². The van der Waals surface area contributed by atoms with Crippen molar-refractivity contribution < 1.29 is 14.2 Å². The van der Waals surface area contributed by atoms with Crippen LogP contribution in [-0.2, 0) is 13.0 Å². The second kappa shape index (κ2) is 12.2. The van der Waals surface area contributed by atoms with Gasteiger partial charge in [-0.2, -0.15) is 0 Å². The molecule has 0 atom stereocenters. The lowest BCUT2D eigenvalue weighted by atomic mass is 10.2. The summed E-state index contributed by atoms with van der Waals surface area (Å²) in [6, 6.07) is 36.3. The molecule has 4 nitrogen and oxygen atoms in total. The molecule has 0 spiro atoms. The van der Waals surface area contributed by atoms with Crippen LogP contribution in [-0.4, -0.2) is 19.8 Å².